The predicted molar refractivity (Wildman–Crippen MR) is 122 cm³/mol. The molecule has 0 saturated heterocycles. The lowest BCUT2D eigenvalue weighted by Gasteiger charge is -2.08. The highest BCUT2D eigenvalue weighted by Crippen LogP contribution is 2.40. The Hall–Kier alpha value is -2.56. The molecule has 2 aromatic carbocycles. The molecule has 0 aliphatic heterocycles. The first kappa shape index (κ1) is 22.6. The maximum absolute atomic E-state index is 12.8. The summed E-state index contributed by atoms with van der Waals surface area (Å²) < 4.78 is 44.8. The summed E-state index contributed by atoms with van der Waals surface area (Å²) in [5.74, 6) is 0.162. The minimum absolute atomic E-state index is 0.399. The van der Waals surface area contributed by atoms with Crippen molar-refractivity contribution in [3.63, 3.8) is 0 Å². The van der Waals surface area contributed by atoms with Crippen molar-refractivity contribution in [2.45, 2.75) is 23.7 Å². The predicted octanol–water partition coefficient (Wildman–Crippen LogP) is 7.11. The van der Waals surface area contributed by atoms with Gasteiger partial charge in [-0.3, -0.25) is 0 Å². The van der Waals surface area contributed by atoms with Gasteiger partial charge in [-0.1, -0.05) is 12.1 Å². The number of rotatable bonds is 7. The molecule has 0 atom stereocenters. The molecule has 0 radical (unpaired) electrons. The van der Waals surface area contributed by atoms with Crippen LogP contribution in [0, 0.1) is 6.92 Å². The molecule has 10 heteroatoms. The zero-order valence-corrected chi connectivity index (χ0v) is 19.1. The quantitative estimate of drug-likeness (QED) is 0.277. The Balaban J connectivity index is 1.51. The Morgan fingerprint density at radius 1 is 1.16 bits per heavy atom. The van der Waals surface area contributed by atoms with Gasteiger partial charge in [0.1, 0.15) is 10.8 Å². The summed E-state index contributed by atoms with van der Waals surface area (Å²) in [5, 5.41) is 12.3. The van der Waals surface area contributed by atoms with Gasteiger partial charge in [-0.05, 0) is 42.6 Å². The average molecular weight is 496 g/mol. The van der Waals surface area contributed by atoms with Gasteiger partial charge in [-0.2, -0.15) is 13.2 Å². The van der Waals surface area contributed by atoms with Crippen LogP contribution in [-0.2, 0) is 16.7 Å². The van der Waals surface area contributed by atoms with E-state index >= 15 is 0 Å². The number of nitrogens with zero attached hydrogens (tertiary/aromatic N) is 1. The smallest absolute Gasteiger partial charge is 0.416 e. The number of benzene rings is 2. The van der Waals surface area contributed by atoms with Gasteiger partial charge in [-0.25, -0.2) is 9.78 Å². The second-order valence-corrected chi connectivity index (χ2v) is 9.82. The molecule has 4 nitrogen and oxygen atoms in total. The Labute approximate surface area is 193 Å². The van der Waals surface area contributed by atoms with Gasteiger partial charge < -0.3 is 9.84 Å². The molecule has 166 valence electrons. The van der Waals surface area contributed by atoms with Crippen molar-refractivity contribution < 1.29 is 27.8 Å². The molecule has 0 saturated carbocycles. The Bertz CT molecular complexity index is 1260. The van der Waals surface area contributed by atoms with Crippen molar-refractivity contribution in [3.05, 3.63) is 64.0 Å². The Kier molecular flexibility index (Phi) is 6.45. The zero-order chi connectivity index (χ0) is 22.9. The molecule has 0 amide bonds. The third-order valence-electron chi connectivity index (χ3n) is 4.60. The fraction of sp³-hybridized carbons (Fsp3) is 0.182. The highest BCUT2D eigenvalue weighted by Gasteiger charge is 2.30. The van der Waals surface area contributed by atoms with E-state index in [1.165, 1.54) is 23.5 Å². The lowest BCUT2D eigenvalue weighted by Crippen LogP contribution is -2.09. The number of aryl methyl sites for hydroxylation is 1. The Morgan fingerprint density at radius 2 is 1.91 bits per heavy atom. The normalized spacial score (nSPS) is 11.8. The fourth-order valence-electron chi connectivity index (χ4n) is 3.02. The first-order valence-corrected chi connectivity index (χ1v) is 12.0. The van der Waals surface area contributed by atoms with Crippen LogP contribution in [0.4, 0.5) is 13.2 Å². The summed E-state index contributed by atoms with van der Waals surface area (Å²) >= 11 is 4.65. The molecule has 2 heterocycles. The summed E-state index contributed by atoms with van der Waals surface area (Å²) in [6, 6.07) is 10.6. The number of alkyl halides is 3. The van der Waals surface area contributed by atoms with Crippen LogP contribution in [0.25, 0.3) is 20.7 Å². The third kappa shape index (κ3) is 4.92. The van der Waals surface area contributed by atoms with Gasteiger partial charge in [0.15, 0.2) is 6.61 Å². The van der Waals surface area contributed by atoms with Crippen LogP contribution < -0.4 is 4.74 Å². The average Bonchev–Trinajstić information content (AvgIpc) is 3.38. The standard InChI is InChI=1S/C22H16F3NO3S3/c1-12-18(32-21(26-12)13-2-4-14(5-3-13)22(23,24)25)11-31-17-7-6-16(29-10-19(27)28)15-8-9-30-20(15)17/h2-9H,10-11H2,1H3,(H,27,28). The zero-order valence-electron chi connectivity index (χ0n) is 16.6. The van der Waals surface area contributed by atoms with Gasteiger partial charge in [0.25, 0.3) is 0 Å². The highest BCUT2D eigenvalue weighted by molar-refractivity contribution is 7.99. The summed E-state index contributed by atoms with van der Waals surface area (Å²) in [6.07, 6.45) is -4.36. The lowest BCUT2D eigenvalue weighted by molar-refractivity contribution is -0.139. The van der Waals surface area contributed by atoms with Gasteiger partial charge in [0, 0.05) is 26.5 Å². The monoisotopic (exact) mass is 495 g/mol. The van der Waals surface area contributed by atoms with Crippen LogP contribution in [0.15, 0.2) is 52.7 Å². The topological polar surface area (TPSA) is 59.4 Å². The maximum Gasteiger partial charge on any atom is 0.416 e. The second-order valence-electron chi connectivity index (χ2n) is 6.80. The van der Waals surface area contributed by atoms with Crippen molar-refractivity contribution in [1.29, 1.82) is 0 Å². The first-order chi connectivity index (χ1) is 15.2. The number of carboxylic acid groups (broad SMARTS) is 1. The molecular weight excluding hydrogens is 479 g/mol. The number of halogens is 3. The molecule has 4 aromatic rings. The number of thioether (sulfide) groups is 1. The SMILES string of the molecule is Cc1nc(-c2ccc(C(F)(F)F)cc2)sc1CSc1ccc(OCC(=O)O)c2ccsc12. The molecule has 4 rings (SSSR count). The molecule has 32 heavy (non-hydrogen) atoms. The minimum atomic E-state index is -4.36. The van der Waals surface area contributed by atoms with Crippen molar-refractivity contribution in [1.82, 2.24) is 4.98 Å². The number of thiazole rings is 1. The van der Waals surface area contributed by atoms with E-state index in [0.29, 0.717) is 22.1 Å². The van der Waals surface area contributed by atoms with Crippen LogP contribution in [-0.4, -0.2) is 22.7 Å². The number of hydrogen-bond donors (Lipinski definition) is 1. The molecule has 0 spiro atoms. The number of fused-ring (bicyclic) bond motifs is 1. The Morgan fingerprint density at radius 3 is 2.59 bits per heavy atom. The van der Waals surface area contributed by atoms with Crippen molar-refractivity contribution in [2.24, 2.45) is 0 Å². The molecule has 0 aliphatic carbocycles. The number of carboxylic acids is 1. The number of carbonyl (C=O) groups is 1. The molecule has 0 fully saturated rings. The maximum atomic E-state index is 12.8. The summed E-state index contributed by atoms with van der Waals surface area (Å²) in [7, 11) is 0. The van der Waals surface area contributed by atoms with Crippen LogP contribution in [0.3, 0.4) is 0 Å². The van der Waals surface area contributed by atoms with Crippen LogP contribution in [0.2, 0.25) is 0 Å². The highest BCUT2D eigenvalue weighted by atomic mass is 32.2. The summed E-state index contributed by atoms with van der Waals surface area (Å²) in [6.45, 7) is 1.49. The van der Waals surface area contributed by atoms with E-state index in [0.717, 1.165) is 37.7 Å². The summed E-state index contributed by atoms with van der Waals surface area (Å²) in [4.78, 5) is 17.4. The molecule has 0 unspecified atom stereocenters. The van der Waals surface area contributed by atoms with Gasteiger partial charge in [0.2, 0.25) is 0 Å². The minimum Gasteiger partial charge on any atom is -0.481 e. The first-order valence-electron chi connectivity index (χ1n) is 9.34. The lowest BCUT2D eigenvalue weighted by atomic mass is 10.1. The van der Waals surface area contributed by atoms with Gasteiger partial charge >= 0.3 is 12.1 Å². The number of aromatic nitrogens is 1. The van der Waals surface area contributed by atoms with E-state index in [4.69, 9.17) is 9.84 Å². The van der Waals surface area contributed by atoms with Crippen LogP contribution in [0.1, 0.15) is 16.1 Å². The van der Waals surface area contributed by atoms with Gasteiger partial charge in [0.05, 0.1) is 16.0 Å². The van der Waals surface area contributed by atoms with Crippen molar-refractivity contribution in [3.8, 4) is 16.3 Å². The van der Waals surface area contributed by atoms with Gasteiger partial charge in [-0.15, -0.1) is 34.4 Å². The third-order valence-corrected chi connectivity index (χ3v) is 8.15. The van der Waals surface area contributed by atoms with Crippen LogP contribution in [0.5, 0.6) is 5.75 Å². The van der Waals surface area contributed by atoms with E-state index < -0.39 is 24.3 Å². The van der Waals surface area contributed by atoms with E-state index in [-0.39, 0.29) is 0 Å². The van der Waals surface area contributed by atoms with Crippen molar-refractivity contribution in [2.75, 3.05) is 6.61 Å². The number of thiophene rings is 1. The number of ether oxygens (including phenoxy) is 1. The fourth-order valence-corrected chi connectivity index (χ4v) is 6.34. The molecule has 2 aromatic heterocycles. The molecule has 0 aliphatic rings. The van der Waals surface area contributed by atoms with E-state index in [1.807, 2.05) is 24.4 Å². The summed E-state index contributed by atoms with van der Waals surface area (Å²) in [5.41, 5.74) is 0.824. The largest absolute Gasteiger partial charge is 0.481 e. The van der Waals surface area contributed by atoms with E-state index in [1.54, 1.807) is 29.2 Å². The van der Waals surface area contributed by atoms with Crippen molar-refractivity contribution >= 4 is 50.5 Å². The van der Waals surface area contributed by atoms with Crippen LogP contribution >= 0.6 is 34.4 Å². The second kappa shape index (κ2) is 9.13. The molecule has 1 N–H and O–H groups in total. The number of hydrogen-bond acceptors (Lipinski definition) is 6. The molecular formula is C22H16F3NO3S3. The van der Waals surface area contributed by atoms with E-state index in [2.05, 4.69) is 4.98 Å². The van der Waals surface area contributed by atoms with E-state index in [9.17, 15) is 18.0 Å². The number of aliphatic carboxylic acids is 1. The molecule has 0 bridgehead atoms.